The van der Waals surface area contributed by atoms with Gasteiger partial charge in [0.25, 0.3) is 5.91 Å². The van der Waals surface area contributed by atoms with E-state index >= 15 is 0 Å². The maximum Gasteiger partial charge on any atom is 0.305 e. The Labute approximate surface area is 142 Å². The number of nitrogens with zero attached hydrogens (tertiary/aromatic N) is 1. The fraction of sp³-hybridized carbons (Fsp3) is 0.300. The number of carbonyl (C=O) groups is 2. The molecule has 0 bridgehead atoms. The first-order chi connectivity index (χ1) is 11.7. The van der Waals surface area contributed by atoms with Crippen LogP contribution in [-0.4, -0.2) is 18.5 Å². The lowest BCUT2D eigenvalue weighted by Crippen LogP contribution is -2.22. The van der Waals surface area contributed by atoms with Crippen molar-refractivity contribution in [1.82, 2.24) is 0 Å². The van der Waals surface area contributed by atoms with Gasteiger partial charge in [0.1, 0.15) is 0 Å². The molecule has 1 aliphatic rings. The molecule has 0 spiro atoms. The monoisotopic (exact) mass is 323 g/mol. The second kappa shape index (κ2) is 7.30. The highest BCUT2D eigenvalue weighted by Gasteiger charge is 2.27. The van der Waals surface area contributed by atoms with Crippen LogP contribution >= 0.6 is 0 Å². The highest BCUT2D eigenvalue weighted by molar-refractivity contribution is 6.09. The quantitative estimate of drug-likeness (QED) is 0.761. The van der Waals surface area contributed by atoms with E-state index in [4.69, 9.17) is 4.74 Å². The molecule has 1 heterocycles. The van der Waals surface area contributed by atoms with Crippen LogP contribution in [0.25, 0.3) is 0 Å². The average molecular weight is 323 g/mol. The van der Waals surface area contributed by atoms with Gasteiger partial charge < -0.3 is 9.64 Å². The Morgan fingerprint density at radius 2 is 1.88 bits per heavy atom. The molecule has 0 N–H and O–H groups in total. The lowest BCUT2D eigenvalue weighted by atomic mass is 10.1. The molecule has 1 aliphatic heterocycles. The first-order valence-corrected chi connectivity index (χ1v) is 8.33. The predicted octanol–water partition coefficient (Wildman–Crippen LogP) is 3.73. The number of esters is 1. The van der Waals surface area contributed by atoms with Crippen LogP contribution in [0.2, 0.25) is 0 Å². The number of hydrogen-bond donors (Lipinski definition) is 0. The number of aryl methyl sites for hydroxylation is 1. The minimum absolute atomic E-state index is 0.0562. The Hall–Kier alpha value is -2.62. The summed E-state index contributed by atoms with van der Waals surface area (Å²) in [7, 11) is 0. The number of carbonyl (C=O) groups excluding carboxylic acids is 2. The molecule has 3 rings (SSSR count). The van der Waals surface area contributed by atoms with Crippen molar-refractivity contribution in [3.8, 4) is 0 Å². The van der Waals surface area contributed by atoms with Crippen molar-refractivity contribution < 1.29 is 14.3 Å². The number of anilines is 1. The van der Waals surface area contributed by atoms with Crippen LogP contribution in [0.3, 0.4) is 0 Å². The Bertz CT molecular complexity index is 737. The molecule has 4 nitrogen and oxygen atoms in total. The molecule has 0 saturated carbocycles. The largest absolute Gasteiger partial charge is 0.466 e. The number of amides is 1. The van der Waals surface area contributed by atoms with Crippen molar-refractivity contribution in [3.05, 3.63) is 65.2 Å². The highest BCUT2D eigenvalue weighted by atomic mass is 16.5. The van der Waals surface area contributed by atoms with E-state index < -0.39 is 0 Å². The van der Waals surface area contributed by atoms with Gasteiger partial charge in [-0.05, 0) is 49.1 Å². The van der Waals surface area contributed by atoms with E-state index in [0.717, 1.165) is 35.2 Å². The summed E-state index contributed by atoms with van der Waals surface area (Å²) in [5.74, 6) is -0.0878. The van der Waals surface area contributed by atoms with Crippen molar-refractivity contribution in [2.45, 2.75) is 32.7 Å². The topological polar surface area (TPSA) is 46.6 Å². The summed E-state index contributed by atoms with van der Waals surface area (Å²) in [5, 5.41) is 0. The fourth-order valence-corrected chi connectivity index (χ4v) is 2.98. The lowest BCUT2D eigenvalue weighted by molar-refractivity contribution is -0.143. The predicted molar refractivity (Wildman–Crippen MR) is 93.0 cm³/mol. The van der Waals surface area contributed by atoms with Gasteiger partial charge in [0.05, 0.1) is 13.2 Å². The van der Waals surface area contributed by atoms with E-state index in [1.54, 1.807) is 4.90 Å². The van der Waals surface area contributed by atoms with Crippen LogP contribution in [0, 0.1) is 0 Å². The van der Waals surface area contributed by atoms with Gasteiger partial charge in [0.15, 0.2) is 0 Å². The zero-order chi connectivity index (χ0) is 16.9. The van der Waals surface area contributed by atoms with Crippen LogP contribution in [0.4, 0.5) is 5.69 Å². The Balaban J connectivity index is 1.60. The number of ether oxygens (including phenoxy) is 1. The smallest absolute Gasteiger partial charge is 0.305 e. The molecular formula is C20H21NO3. The second-order valence-corrected chi connectivity index (χ2v) is 5.87. The first kappa shape index (κ1) is 16.2. The Morgan fingerprint density at radius 3 is 2.58 bits per heavy atom. The SMILES string of the molecule is CCOC(=O)CCCc1ccc(N2Cc3ccccc3C2=O)cc1. The minimum atomic E-state index is -0.144. The van der Waals surface area contributed by atoms with Crippen molar-refractivity contribution >= 4 is 17.6 Å². The fourth-order valence-electron chi connectivity index (χ4n) is 2.98. The molecule has 4 heteroatoms. The van der Waals surface area contributed by atoms with Crippen molar-refractivity contribution in [2.75, 3.05) is 11.5 Å². The first-order valence-electron chi connectivity index (χ1n) is 8.33. The zero-order valence-corrected chi connectivity index (χ0v) is 13.8. The summed E-state index contributed by atoms with van der Waals surface area (Å²) in [5.41, 5.74) is 3.93. The Morgan fingerprint density at radius 1 is 1.12 bits per heavy atom. The molecule has 0 aliphatic carbocycles. The van der Waals surface area contributed by atoms with Gasteiger partial charge >= 0.3 is 5.97 Å². The molecule has 1 amide bonds. The van der Waals surface area contributed by atoms with Crippen molar-refractivity contribution in [2.24, 2.45) is 0 Å². The third-order valence-corrected chi connectivity index (χ3v) is 4.22. The molecule has 2 aromatic rings. The van der Waals surface area contributed by atoms with E-state index in [9.17, 15) is 9.59 Å². The molecule has 0 unspecified atom stereocenters. The molecule has 0 atom stereocenters. The lowest BCUT2D eigenvalue weighted by Gasteiger charge is -2.16. The van der Waals surface area contributed by atoms with Gasteiger partial charge in [-0.1, -0.05) is 30.3 Å². The van der Waals surface area contributed by atoms with Gasteiger partial charge in [0, 0.05) is 17.7 Å². The van der Waals surface area contributed by atoms with Gasteiger partial charge in [-0.25, -0.2) is 0 Å². The average Bonchev–Trinajstić information content (AvgIpc) is 2.93. The van der Waals surface area contributed by atoms with E-state index in [1.807, 2.05) is 55.5 Å². The van der Waals surface area contributed by atoms with Crippen LogP contribution in [0.15, 0.2) is 48.5 Å². The number of fused-ring (bicyclic) bond motifs is 1. The van der Waals surface area contributed by atoms with Gasteiger partial charge in [0.2, 0.25) is 0 Å². The maximum absolute atomic E-state index is 12.5. The van der Waals surface area contributed by atoms with Crippen LogP contribution in [-0.2, 0) is 22.5 Å². The van der Waals surface area contributed by atoms with Crippen molar-refractivity contribution in [1.29, 1.82) is 0 Å². The summed E-state index contributed by atoms with van der Waals surface area (Å²) in [6.45, 7) is 2.87. The summed E-state index contributed by atoms with van der Waals surface area (Å²) in [4.78, 5) is 25.6. The number of rotatable bonds is 6. The van der Waals surface area contributed by atoms with Crippen molar-refractivity contribution in [3.63, 3.8) is 0 Å². The van der Waals surface area contributed by atoms with E-state index in [0.29, 0.717) is 19.6 Å². The third kappa shape index (κ3) is 3.48. The van der Waals surface area contributed by atoms with Gasteiger partial charge in [-0.2, -0.15) is 0 Å². The highest BCUT2D eigenvalue weighted by Crippen LogP contribution is 2.28. The number of hydrogen-bond acceptors (Lipinski definition) is 3. The standard InChI is InChI=1S/C20H21NO3/c1-2-24-19(22)9-5-6-15-10-12-17(13-11-15)21-14-16-7-3-4-8-18(16)20(21)23/h3-4,7-8,10-13H,2,5-6,9,14H2,1H3. The zero-order valence-electron chi connectivity index (χ0n) is 13.8. The summed E-state index contributed by atoms with van der Waals surface area (Å²) < 4.78 is 4.93. The second-order valence-electron chi connectivity index (χ2n) is 5.87. The van der Waals surface area contributed by atoms with E-state index in [2.05, 4.69) is 0 Å². The molecule has 0 saturated heterocycles. The molecule has 0 fully saturated rings. The molecule has 24 heavy (non-hydrogen) atoms. The molecule has 0 radical (unpaired) electrons. The third-order valence-electron chi connectivity index (χ3n) is 4.22. The molecule has 124 valence electrons. The van der Waals surface area contributed by atoms with Crippen LogP contribution in [0.5, 0.6) is 0 Å². The normalized spacial score (nSPS) is 13.0. The van der Waals surface area contributed by atoms with E-state index in [1.165, 1.54) is 0 Å². The van der Waals surface area contributed by atoms with Crippen LogP contribution < -0.4 is 4.90 Å². The van der Waals surface area contributed by atoms with E-state index in [-0.39, 0.29) is 11.9 Å². The minimum Gasteiger partial charge on any atom is -0.466 e. The van der Waals surface area contributed by atoms with Crippen LogP contribution in [0.1, 0.15) is 41.3 Å². The Kier molecular flexibility index (Phi) is 4.94. The van der Waals surface area contributed by atoms with Gasteiger partial charge in [-0.15, -0.1) is 0 Å². The maximum atomic E-state index is 12.5. The summed E-state index contributed by atoms with van der Waals surface area (Å²) in [6, 6.07) is 15.7. The molecule has 2 aromatic carbocycles. The molecule has 0 aromatic heterocycles. The molecular weight excluding hydrogens is 302 g/mol. The summed E-state index contributed by atoms with van der Waals surface area (Å²) in [6.07, 6.45) is 2.04. The number of benzene rings is 2. The van der Waals surface area contributed by atoms with Gasteiger partial charge in [-0.3, -0.25) is 9.59 Å². The summed E-state index contributed by atoms with van der Waals surface area (Å²) >= 11 is 0.